The summed E-state index contributed by atoms with van der Waals surface area (Å²) in [5.41, 5.74) is 0.155. The van der Waals surface area contributed by atoms with Crippen LogP contribution in [0.15, 0.2) is 30.3 Å². The second kappa shape index (κ2) is 23.6. The van der Waals surface area contributed by atoms with Crippen LogP contribution in [0.5, 0.6) is 0 Å². The standard InChI is InChI=1S/C40H65N5O8.C2HF3O2/c1-11-26(4)34(44(7)37(48)33(25(2)3)43-39(50)40(6)20-16-21-41-40)31(51-8)24-32(46)45-22-15-19-30(45)35(52-9)27(5)36(47)42-29(38(49)53-10)23-28-17-13-12-14-18-28;3-2(4,5)1(6)7/h12-14,17-18,25-27,29-31,33-35,41H,11,15-16,19-24H2,1-10H3,(H,42,47)(H,43,50);(H,6,7)/t26-,27+,29-,30-,31+,33-,34-,35+,40-;/m0./s1. The summed E-state index contributed by atoms with van der Waals surface area (Å²) in [6, 6.07) is 6.90. The summed E-state index contributed by atoms with van der Waals surface area (Å²) >= 11 is 0. The van der Waals surface area contributed by atoms with Crippen molar-refractivity contribution >= 4 is 35.6 Å². The Balaban J connectivity index is 0.00000162. The summed E-state index contributed by atoms with van der Waals surface area (Å²) in [6.45, 7) is 12.8. The topological polar surface area (TPSA) is 193 Å². The first-order valence-corrected chi connectivity index (χ1v) is 20.5. The highest BCUT2D eigenvalue weighted by Crippen LogP contribution is 2.30. The van der Waals surface area contributed by atoms with E-state index >= 15 is 0 Å². The molecule has 2 saturated heterocycles. The van der Waals surface area contributed by atoms with Crippen LogP contribution in [0.3, 0.4) is 0 Å². The Labute approximate surface area is 351 Å². The molecule has 4 N–H and O–H groups in total. The number of nitrogens with one attached hydrogen (secondary N) is 3. The predicted octanol–water partition coefficient (Wildman–Crippen LogP) is 3.72. The number of carbonyl (C=O) groups is 6. The molecule has 3 rings (SSSR count). The van der Waals surface area contributed by atoms with Gasteiger partial charge in [0, 0.05) is 34.2 Å². The highest BCUT2D eigenvalue weighted by atomic mass is 19.4. The molecule has 2 heterocycles. The highest BCUT2D eigenvalue weighted by molar-refractivity contribution is 5.92. The fraction of sp³-hybridized carbons (Fsp3) is 0.714. The molecule has 0 bridgehead atoms. The van der Waals surface area contributed by atoms with Crippen LogP contribution in [0.25, 0.3) is 0 Å². The number of hydrogen-bond donors (Lipinski definition) is 4. The van der Waals surface area contributed by atoms with Gasteiger partial charge in [-0.25, -0.2) is 9.59 Å². The average Bonchev–Trinajstić information content (AvgIpc) is 3.89. The van der Waals surface area contributed by atoms with E-state index in [1.807, 2.05) is 65.0 Å². The smallest absolute Gasteiger partial charge is 0.475 e. The van der Waals surface area contributed by atoms with Gasteiger partial charge in [0.1, 0.15) is 12.1 Å². The lowest BCUT2D eigenvalue weighted by Gasteiger charge is -2.41. The number of nitrogens with zero attached hydrogens (tertiary/aromatic N) is 2. The van der Waals surface area contributed by atoms with Gasteiger partial charge < -0.3 is 45.1 Å². The Hall–Kier alpha value is -4.29. The Morgan fingerprint density at radius 2 is 1.62 bits per heavy atom. The number of likely N-dealkylation sites (tertiary alicyclic amines) is 1. The maximum Gasteiger partial charge on any atom is 0.490 e. The van der Waals surface area contributed by atoms with Gasteiger partial charge in [-0.2, -0.15) is 13.2 Å². The number of likely N-dealkylation sites (N-methyl/N-ethyl adjacent to an activating group) is 1. The summed E-state index contributed by atoms with van der Waals surface area (Å²) in [5, 5.41) is 16.3. The molecule has 0 aliphatic carbocycles. The molecule has 4 amide bonds. The summed E-state index contributed by atoms with van der Waals surface area (Å²) < 4.78 is 48.7. The fourth-order valence-electron chi connectivity index (χ4n) is 7.92. The number of halogens is 3. The minimum Gasteiger partial charge on any atom is -0.475 e. The van der Waals surface area contributed by atoms with E-state index in [1.54, 1.807) is 30.9 Å². The van der Waals surface area contributed by atoms with E-state index in [0.29, 0.717) is 19.4 Å². The van der Waals surface area contributed by atoms with Crippen LogP contribution in [-0.2, 0) is 49.4 Å². The lowest BCUT2D eigenvalue weighted by atomic mass is 9.89. The van der Waals surface area contributed by atoms with Gasteiger partial charge in [0.15, 0.2) is 0 Å². The van der Waals surface area contributed by atoms with Crippen molar-refractivity contribution in [2.45, 2.75) is 135 Å². The van der Waals surface area contributed by atoms with E-state index in [9.17, 15) is 37.1 Å². The molecule has 0 unspecified atom stereocenters. The van der Waals surface area contributed by atoms with Crippen LogP contribution < -0.4 is 16.0 Å². The predicted molar refractivity (Wildman–Crippen MR) is 216 cm³/mol. The number of esters is 1. The van der Waals surface area contributed by atoms with Crippen molar-refractivity contribution in [3.63, 3.8) is 0 Å². The number of carboxylic acid groups (broad SMARTS) is 1. The molecule has 0 radical (unpaired) electrons. The minimum absolute atomic E-state index is 0.0127. The summed E-state index contributed by atoms with van der Waals surface area (Å²) in [4.78, 5) is 80.3. The summed E-state index contributed by atoms with van der Waals surface area (Å²) in [7, 11) is 6.10. The van der Waals surface area contributed by atoms with Gasteiger partial charge in [0.25, 0.3) is 0 Å². The number of rotatable bonds is 19. The Kier molecular flexibility index (Phi) is 20.4. The van der Waals surface area contributed by atoms with Crippen molar-refractivity contribution in [3.05, 3.63) is 35.9 Å². The maximum absolute atomic E-state index is 14.2. The van der Waals surface area contributed by atoms with E-state index in [0.717, 1.165) is 31.4 Å². The molecule has 18 heteroatoms. The van der Waals surface area contributed by atoms with E-state index < -0.39 is 59.9 Å². The quantitative estimate of drug-likeness (QED) is 0.148. The van der Waals surface area contributed by atoms with Gasteiger partial charge in [-0.15, -0.1) is 0 Å². The first-order valence-electron chi connectivity index (χ1n) is 20.5. The molecule has 340 valence electrons. The second-order valence-electron chi connectivity index (χ2n) is 16.2. The normalized spacial score (nSPS) is 21.3. The first kappa shape index (κ1) is 51.8. The van der Waals surface area contributed by atoms with Gasteiger partial charge in [0.05, 0.1) is 49.3 Å². The third-order valence-corrected chi connectivity index (χ3v) is 11.7. The van der Waals surface area contributed by atoms with Crippen LogP contribution in [-0.4, -0.2) is 140 Å². The van der Waals surface area contributed by atoms with Gasteiger partial charge in [0.2, 0.25) is 23.6 Å². The zero-order valence-electron chi connectivity index (χ0n) is 36.6. The fourth-order valence-corrected chi connectivity index (χ4v) is 7.92. The van der Waals surface area contributed by atoms with Crippen molar-refractivity contribution in [1.29, 1.82) is 0 Å². The minimum atomic E-state index is -5.08. The molecule has 9 atom stereocenters. The first-order chi connectivity index (χ1) is 28.1. The van der Waals surface area contributed by atoms with Gasteiger partial charge in [-0.05, 0) is 56.6 Å². The van der Waals surface area contributed by atoms with E-state index in [2.05, 4.69) is 16.0 Å². The number of carboxylic acids is 1. The van der Waals surface area contributed by atoms with Crippen LogP contribution in [0.1, 0.15) is 85.6 Å². The maximum atomic E-state index is 14.2. The third kappa shape index (κ3) is 14.1. The molecule has 2 aliphatic heterocycles. The van der Waals surface area contributed by atoms with Crippen molar-refractivity contribution in [3.8, 4) is 0 Å². The molecule has 1 aromatic rings. The van der Waals surface area contributed by atoms with Crippen LogP contribution in [0, 0.1) is 17.8 Å². The summed E-state index contributed by atoms with van der Waals surface area (Å²) in [5.74, 6) is -5.15. The van der Waals surface area contributed by atoms with Crippen molar-refractivity contribution < 1.29 is 61.3 Å². The van der Waals surface area contributed by atoms with E-state index in [1.165, 1.54) is 14.2 Å². The zero-order valence-corrected chi connectivity index (χ0v) is 36.6. The molecular formula is C42H66F3N5O10. The van der Waals surface area contributed by atoms with E-state index in [-0.39, 0.29) is 54.3 Å². The summed E-state index contributed by atoms with van der Waals surface area (Å²) in [6.07, 6.45) is -2.38. The number of hydrogen-bond acceptors (Lipinski definition) is 10. The molecule has 60 heavy (non-hydrogen) atoms. The van der Waals surface area contributed by atoms with Crippen LogP contribution >= 0.6 is 0 Å². The number of aliphatic carboxylic acids is 1. The van der Waals surface area contributed by atoms with Gasteiger partial charge >= 0.3 is 18.1 Å². The molecule has 15 nitrogen and oxygen atoms in total. The largest absolute Gasteiger partial charge is 0.490 e. The van der Waals surface area contributed by atoms with Crippen LogP contribution in [0.2, 0.25) is 0 Å². The second-order valence-corrected chi connectivity index (χ2v) is 16.2. The average molecular weight is 858 g/mol. The molecule has 1 aromatic carbocycles. The van der Waals surface area contributed by atoms with Crippen molar-refractivity contribution in [2.24, 2.45) is 17.8 Å². The monoisotopic (exact) mass is 857 g/mol. The number of ether oxygens (including phenoxy) is 3. The molecule has 0 saturated carbocycles. The molecule has 0 aromatic heterocycles. The Morgan fingerprint density at radius 3 is 2.10 bits per heavy atom. The van der Waals surface area contributed by atoms with Crippen molar-refractivity contribution in [1.82, 2.24) is 25.8 Å². The molecule has 2 fully saturated rings. The number of benzene rings is 1. The molecular weight excluding hydrogens is 791 g/mol. The molecule has 2 aliphatic rings. The lowest BCUT2D eigenvalue weighted by Crippen LogP contribution is -2.61. The number of carbonyl (C=O) groups excluding carboxylic acids is 5. The number of methoxy groups -OCH3 is 3. The number of amides is 4. The van der Waals surface area contributed by atoms with Crippen LogP contribution in [0.4, 0.5) is 13.2 Å². The van der Waals surface area contributed by atoms with Gasteiger partial charge in [-0.1, -0.05) is 71.4 Å². The van der Waals surface area contributed by atoms with E-state index in [4.69, 9.17) is 24.1 Å². The number of alkyl halides is 3. The SMILES string of the molecule is CC[C@H](C)[C@@H]([C@@H](CC(=O)N1CCC[C@H]1[C@H](OC)[C@@H](C)C(=O)N[C@@H](Cc1ccccc1)C(=O)OC)OC)N(C)C(=O)[C@@H](NC(=O)[C@]1(C)CCCN1)C(C)C.O=C(O)C(F)(F)F. The van der Waals surface area contributed by atoms with Gasteiger partial charge in [-0.3, -0.25) is 19.2 Å². The van der Waals surface area contributed by atoms with Crippen molar-refractivity contribution in [2.75, 3.05) is 41.5 Å². The molecule has 0 spiro atoms. The third-order valence-electron chi connectivity index (χ3n) is 11.7. The Bertz CT molecular complexity index is 1580. The highest BCUT2D eigenvalue weighted by Gasteiger charge is 2.44. The lowest BCUT2D eigenvalue weighted by molar-refractivity contribution is -0.192. The Morgan fingerprint density at radius 1 is 1.00 bits per heavy atom. The zero-order chi connectivity index (χ0) is 45.5.